The molecule has 0 unspecified atom stereocenters. The quantitative estimate of drug-likeness (QED) is 0.356. The van der Waals surface area contributed by atoms with Gasteiger partial charge in [-0.1, -0.05) is 42.0 Å². The molecule has 0 saturated heterocycles. The second kappa shape index (κ2) is 11.4. The number of Topliss-reactive ketones (excluding diaryl/α,β-unsaturated/α-hetero) is 1. The number of carbonyl (C=O) groups excluding carboxylic acids is 1. The summed E-state index contributed by atoms with van der Waals surface area (Å²) in [7, 11) is -3.65. The number of phenolic OH excluding ortho intramolecular Hbond substituents is 1. The maximum absolute atomic E-state index is 13.0. The van der Waals surface area contributed by atoms with Gasteiger partial charge in [-0.05, 0) is 94.1 Å². The summed E-state index contributed by atoms with van der Waals surface area (Å²) in [5.41, 5.74) is 5.16. The minimum absolute atomic E-state index is 0.00784. The number of rotatable bonds is 9. The van der Waals surface area contributed by atoms with Crippen LogP contribution in [0.5, 0.6) is 5.75 Å². The molecule has 6 nitrogen and oxygen atoms in total. The van der Waals surface area contributed by atoms with E-state index in [0.717, 1.165) is 30.6 Å². The van der Waals surface area contributed by atoms with Gasteiger partial charge >= 0.3 is 0 Å². The van der Waals surface area contributed by atoms with Crippen molar-refractivity contribution in [2.75, 3.05) is 13.1 Å². The molecule has 0 amide bonds. The monoisotopic (exact) mass is 534 g/mol. The van der Waals surface area contributed by atoms with E-state index in [-0.39, 0.29) is 28.5 Å². The number of nitrogens with zero attached hydrogens (tertiary/aromatic N) is 2. The van der Waals surface area contributed by atoms with Crippen molar-refractivity contribution in [2.45, 2.75) is 70.5 Å². The van der Waals surface area contributed by atoms with Crippen LogP contribution in [0, 0.1) is 6.92 Å². The summed E-state index contributed by atoms with van der Waals surface area (Å²) < 4.78 is 27.5. The highest BCUT2D eigenvalue weighted by Gasteiger charge is 2.29. The van der Waals surface area contributed by atoms with Gasteiger partial charge in [-0.25, -0.2) is 8.42 Å². The first-order valence-electron chi connectivity index (χ1n) is 13.2. The Morgan fingerprint density at radius 1 is 0.974 bits per heavy atom. The van der Waals surface area contributed by atoms with E-state index in [1.165, 1.54) is 39.7 Å². The van der Waals surface area contributed by atoms with Crippen molar-refractivity contribution < 1.29 is 18.3 Å². The molecule has 0 bridgehead atoms. The Bertz CT molecular complexity index is 1370. The van der Waals surface area contributed by atoms with Crippen molar-refractivity contribution in [1.29, 1.82) is 0 Å². The first-order chi connectivity index (χ1) is 17.9. The van der Waals surface area contributed by atoms with Gasteiger partial charge in [0.05, 0.1) is 4.90 Å². The Morgan fingerprint density at radius 3 is 2.32 bits per heavy atom. The third kappa shape index (κ3) is 6.70. The number of phenols is 1. The lowest BCUT2D eigenvalue weighted by Crippen LogP contribution is -2.41. The summed E-state index contributed by atoms with van der Waals surface area (Å²) in [5, 5.41) is 9.48. The molecule has 0 radical (unpaired) electrons. The van der Waals surface area contributed by atoms with Gasteiger partial charge in [0.1, 0.15) is 5.75 Å². The molecule has 0 aromatic heterocycles. The highest BCUT2D eigenvalue weighted by atomic mass is 32.2. The summed E-state index contributed by atoms with van der Waals surface area (Å²) in [5.74, 6) is 0.152. The van der Waals surface area contributed by atoms with E-state index >= 15 is 0 Å². The third-order valence-corrected chi connectivity index (χ3v) is 9.11. The highest BCUT2D eigenvalue weighted by Crippen LogP contribution is 2.27. The van der Waals surface area contributed by atoms with Crippen LogP contribution in [0.1, 0.15) is 66.2 Å². The maximum atomic E-state index is 13.0. The summed E-state index contributed by atoms with van der Waals surface area (Å²) >= 11 is 0. The number of aryl methyl sites for hydroxylation is 1. The molecule has 3 aromatic carbocycles. The molecular weight excluding hydrogens is 496 g/mol. The molecule has 7 heteroatoms. The minimum atomic E-state index is -3.65. The zero-order valence-electron chi connectivity index (χ0n) is 22.8. The van der Waals surface area contributed by atoms with Gasteiger partial charge in [0.2, 0.25) is 10.0 Å². The van der Waals surface area contributed by atoms with Crippen LogP contribution in [0.25, 0.3) is 0 Å². The Kier molecular flexibility index (Phi) is 8.40. The van der Waals surface area contributed by atoms with Crippen LogP contribution in [0.4, 0.5) is 0 Å². The molecule has 0 saturated carbocycles. The predicted octanol–water partition coefficient (Wildman–Crippen LogP) is 5.71. The Hall–Kier alpha value is -3.00. The Balaban J connectivity index is 1.36. The van der Waals surface area contributed by atoms with Crippen LogP contribution >= 0.6 is 0 Å². The average Bonchev–Trinajstić information content (AvgIpc) is 2.88. The van der Waals surface area contributed by atoms with Crippen molar-refractivity contribution >= 4 is 15.8 Å². The normalized spacial score (nSPS) is 14.4. The molecule has 0 fully saturated rings. The van der Waals surface area contributed by atoms with Crippen molar-refractivity contribution in [3.8, 4) is 5.75 Å². The zero-order chi connectivity index (χ0) is 27.5. The minimum Gasteiger partial charge on any atom is -0.508 e. The molecule has 38 heavy (non-hydrogen) atoms. The first kappa shape index (κ1) is 28.0. The molecule has 202 valence electrons. The van der Waals surface area contributed by atoms with Crippen LogP contribution < -0.4 is 0 Å². The summed E-state index contributed by atoms with van der Waals surface area (Å²) in [6.45, 7) is 11.0. The number of fused-ring (bicyclic) bond motifs is 1. The van der Waals surface area contributed by atoms with E-state index in [2.05, 4.69) is 56.9 Å². The molecule has 1 heterocycles. The molecule has 4 rings (SSSR count). The third-order valence-electron chi connectivity index (χ3n) is 7.25. The Labute approximate surface area is 227 Å². The largest absolute Gasteiger partial charge is 0.508 e. The number of aromatic hydroxyl groups is 1. The fraction of sp³-hybridized carbons (Fsp3) is 0.387. The van der Waals surface area contributed by atoms with Crippen LogP contribution in [0.2, 0.25) is 0 Å². The molecule has 1 aliphatic rings. The number of carbonyl (C=O) groups is 1. The molecule has 1 N–H and O–H groups in total. The van der Waals surface area contributed by atoms with Crippen LogP contribution in [-0.2, 0) is 29.5 Å². The SMILES string of the molecule is Cc1ccc(CN(CCCC(=O)c2ccc3c(c2)CCN(S(=O)(=O)c2ccc(O)cc2)C3)C(C)(C)C)cc1. The van der Waals surface area contributed by atoms with E-state index in [1.807, 2.05) is 18.2 Å². The molecule has 0 spiro atoms. The van der Waals surface area contributed by atoms with Gasteiger partial charge in [-0.15, -0.1) is 0 Å². The Morgan fingerprint density at radius 2 is 1.66 bits per heavy atom. The van der Waals surface area contributed by atoms with Gasteiger partial charge in [0.25, 0.3) is 0 Å². The van der Waals surface area contributed by atoms with Gasteiger partial charge in [-0.3, -0.25) is 9.69 Å². The molecule has 0 atom stereocenters. The lowest BCUT2D eigenvalue weighted by molar-refractivity contribution is 0.0945. The van der Waals surface area contributed by atoms with Crippen LogP contribution in [0.15, 0.2) is 71.6 Å². The van der Waals surface area contributed by atoms with E-state index in [4.69, 9.17) is 0 Å². The number of hydrogen-bond acceptors (Lipinski definition) is 5. The van der Waals surface area contributed by atoms with E-state index in [0.29, 0.717) is 24.9 Å². The molecule has 0 aliphatic carbocycles. The topological polar surface area (TPSA) is 77.9 Å². The molecule has 1 aliphatic heterocycles. The smallest absolute Gasteiger partial charge is 0.243 e. The average molecular weight is 535 g/mol. The van der Waals surface area contributed by atoms with E-state index in [1.54, 1.807) is 0 Å². The number of hydrogen-bond donors (Lipinski definition) is 1. The van der Waals surface area contributed by atoms with Crippen molar-refractivity contribution in [2.24, 2.45) is 0 Å². The number of benzene rings is 3. The van der Waals surface area contributed by atoms with E-state index in [9.17, 15) is 18.3 Å². The standard InChI is InChI=1S/C31H38N2O4S/c1-23-7-9-24(10-8-23)21-32(31(2,3)4)18-5-6-30(35)26-11-12-27-22-33(19-17-25(27)20-26)38(36,37)29-15-13-28(34)14-16-29/h7-16,20,34H,5-6,17-19,21-22H2,1-4H3. The zero-order valence-corrected chi connectivity index (χ0v) is 23.6. The second-order valence-electron chi connectivity index (χ2n) is 11.2. The van der Waals surface area contributed by atoms with Crippen molar-refractivity contribution in [1.82, 2.24) is 9.21 Å². The fourth-order valence-electron chi connectivity index (χ4n) is 4.81. The summed E-state index contributed by atoms with van der Waals surface area (Å²) in [4.78, 5) is 15.6. The van der Waals surface area contributed by atoms with Crippen LogP contribution in [-0.4, -0.2) is 47.1 Å². The van der Waals surface area contributed by atoms with Crippen molar-refractivity contribution in [3.05, 3.63) is 94.5 Å². The van der Waals surface area contributed by atoms with E-state index < -0.39 is 10.0 Å². The van der Waals surface area contributed by atoms with Crippen molar-refractivity contribution in [3.63, 3.8) is 0 Å². The van der Waals surface area contributed by atoms with Gasteiger partial charge in [-0.2, -0.15) is 4.31 Å². The predicted molar refractivity (Wildman–Crippen MR) is 151 cm³/mol. The van der Waals surface area contributed by atoms with Gasteiger partial charge in [0.15, 0.2) is 5.78 Å². The first-order valence-corrected chi connectivity index (χ1v) is 14.6. The van der Waals surface area contributed by atoms with Crippen LogP contribution in [0.3, 0.4) is 0 Å². The summed E-state index contributed by atoms with van der Waals surface area (Å²) in [6.07, 6.45) is 1.81. The second-order valence-corrected chi connectivity index (χ2v) is 13.1. The molecular formula is C31H38N2O4S. The summed E-state index contributed by atoms with van der Waals surface area (Å²) in [6, 6.07) is 19.9. The lowest BCUT2D eigenvalue weighted by Gasteiger charge is -2.36. The fourth-order valence-corrected chi connectivity index (χ4v) is 6.23. The van der Waals surface area contributed by atoms with Gasteiger partial charge in [0, 0.05) is 37.2 Å². The number of sulfonamides is 1. The maximum Gasteiger partial charge on any atom is 0.243 e. The molecule has 3 aromatic rings. The number of ketones is 1. The highest BCUT2D eigenvalue weighted by molar-refractivity contribution is 7.89. The van der Waals surface area contributed by atoms with Gasteiger partial charge < -0.3 is 5.11 Å². The lowest BCUT2D eigenvalue weighted by atomic mass is 9.95.